The Bertz CT molecular complexity index is 1020. The maximum atomic E-state index is 13.2. The first kappa shape index (κ1) is 18.7. The van der Waals surface area contributed by atoms with Crippen molar-refractivity contribution in [3.8, 4) is 0 Å². The summed E-state index contributed by atoms with van der Waals surface area (Å²) in [5.41, 5.74) is 8.42. The molecule has 4 rings (SSSR count). The van der Waals surface area contributed by atoms with E-state index in [1.54, 1.807) is 11.6 Å². The van der Waals surface area contributed by atoms with Gasteiger partial charge in [-0.2, -0.15) is 4.98 Å². The first-order valence-electron chi connectivity index (χ1n) is 10.1. The van der Waals surface area contributed by atoms with Crippen LogP contribution in [0.1, 0.15) is 37.6 Å². The molecule has 1 atom stereocenters. The Balaban J connectivity index is 1.89. The Hall–Kier alpha value is -2.67. The molecular formula is C21H28N6O. The Morgan fingerprint density at radius 2 is 2.00 bits per heavy atom. The zero-order valence-electron chi connectivity index (χ0n) is 16.6. The molecule has 28 heavy (non-hydrogen) atoms. The highest BCUT2D eigenvalue weighted by Crippen LogP contribution is 2.24. The van der Waals surface area contributed by atoms with Crippen molar-refractivity contribution in [2.75, 3.05) is 18.0 Å². The Morgan fingerprint density at radius 1 is 1.21 bits per heavy atom. The van der Waals surface area contributed by atoms with Gasteiger partial charge in [-0.3, -0.25) is 13.9 Å². The van der Waals surface area contributed by atoms with Gasteiger partial charge in [0.25, 0.3) is 5.56 Å². The highest BCUT2D eigenvalue weighted by molar-refractivity contribution is 5.74. The van der Waals surface area contributed by atoms with Gasteiger partial charge in [0, 0.05) is 32.6 Å². The minimum atomic E-state index is -0.0376. The molecule has 1 aromatic carbocycles. The third-order valence-electron chi connectivity index (χ3n) is 5.46. The SMILES string of the molecule is CCCc1nc2nc(N3CCCC(N)C3)n(Cc3ccccc3)c2c(=O)n1C. The van der Waals surface area contributed by atoms with E-state index in [0.717, 1.165) is 56.1 Å². The fourth-order valence-electron chi connectivity index (χ4n) is 3.99. The van der Waals surface area contributed by atoms with Crippen LogP contribution in [0.5, 0.6) is 0 Å². The quantitative estimate of drug-likeness (QED) is 0.733. The molecule has 0 bridgehead atoms. The summed E-state index contributed by atoms with van der Waals surface area (Å²) < 4.78 is 3.69. The molecule has 7 nitrogen and oxygen atoms in total. The summed E-state index contributed by atoms with van der Waals surface area (Å²) in [5, 5.41) is 0. The molecule has 2 aromatic heterocycles. The third kappa shape index (κ3) is 3.42. The van der Waals surface area contributed by atoms with Gasteiger partial charge in [-0.05, 0) is 24.8 Å². The molecule has 1 fully saturated rings. The van der Waals surface area contributed by atoms with Crippen molar-refractivity contribution in [3.05, 3.63) is 52.1 Å². The average molecular weight is 380 g/mol. The maximum Gasteiger partial charge on any atom is 0.279 e. The van der Waals surface area contributed by atoms with Crippen molar-refractivity contribution >= 4 is 17.1 Å². The van der Waals surface area contributed by atoms with Gasteiger partial charge in [-0.25, -0.2) is 4.98 Å². The van der Waals surface area contributed by atoms with Crippen molar-refractivity contribution in [2.45, 2.75) is 45.2 Å². The average Bonchev–Trinajstić information content (AvgIpc) is 3.05. The second-order valence-electron chi connectivity index (χ2n) is 7.65. The van der Waals surface area contributed by atoms with Gasteiger partial charge in [-0.15, -0.1) is 0 Å². The predicted molar refractivity (Wildman–Crippen MR) is 112 cm³/mol. The first-order chi connectivity index (χ1) is 13.6. The summed E-state index contributed by atoms with van der Waals surface area (Å²) in [7, 11) is 1.80. The number of anilines is 1. The van der Waals surface area contributed by atoms with E-state index in [1.807, 2.05) is 22.8 Å². The Morgan fingerprint density at radius 3 is 2.71 bits per heavy atom. The predicted octanol–water partition coefficient (Wildman–Crippen LogP) is 2.06. The molecule has 0 saturated carbocycles. The summed E-state index contributed by atoms with van der Waals surface area (Å²) in [6.45, 7) is 4.32. The monoisotopic (exact) mass is 380 g/mol. The summed E-state index contributed by atoms with van der Waals surface area (Å²) in [4.78, 5) is 25.0. The van der Waals surface area contributed by atoms with E-state index in [-0.39, 0.29) is 11.6 Å². The van der Waals surface area contributed by atoms with Gasteiger partial charge in [0.15, 0.2) is 11.2 Å². The Labute approximate surface area is 164 Å². The van der Waals surface area contributed by atoms with Crippen LogP contribution in [-0.2, 0) is 20.0 Å². The highest BCUT2D eigenvalue weighted by Gasteiger charge is 2.25. The topological polar surface area (TPSA) is 82.0 Å². The van der Waals surface area contributed by atoms with E-state index in [1.165, 1.54) is 0 Å². The third-order valence-corrected chi connectivity index (χ3v) is 5.46. The van der Waals surface area contributed by atoms with E-state index in [2.05, 4.69) is 24.0 Å². The van der Waals surface area contributed by atoms with Gasteiger partial charge < -0.3 is 10.6 Å². The van der Waals surface area contributed by atoms with E-state index in [4.69, 9.17) is 15.7 Å². The zero-order chi connectivity index (χ0) is 19.7. The molecule has 7 heteroatoms. The highest BCUT2D eigenvalue weighted by atomic mass is 16.1. The van der Waals surface area contributed by atoms with Crippen LogP contribution in [0.4, 0.5) is 5.95 Å². The second kappa shape index (κ2) is 7.75. The van der Waals surface area contributed by atoms with Crippen LogP contribution in [0, 0.1) is 0 Å². The molecule has 1 unspecified atom stereocenters. The van der Waals surface area contributed by atoms with Crippen LogP contribution in [0.15, 0.2) is 35.1 Å². The lowest BCUT2D eigenvalue weighted by molar-refractivity contribution is 0.495. The number of hydrogen-bond acceptors (Lipinski definition) is 5. The van der Waals surface area contributed by atoms with Crippen LogP contribution in [0.2, 0.25) is 0 Å². The number of fused-ring (bicyclic) bond motifs is 1. The Kier molecular flexibility index (Phi) is 5.17. The van der Waals surface area contributed by atoms with E-state index < -0.39 is 0 Å². The number of imidazole rings is 1. The molecule has 0 amide bonds. The smallest absolute Gasteiger partial charge is 0.279 e. The lowest BCUT2D eigenvalue weighted by atomic mass is 10.1. The fraction of sp³-hybridized carbons (Fsp3) is 0.476. The van der Waals surface area contributed by atoms with Crippen LogP contribution in [0.25, 0.3) is 11.2 Å². The molecule has 1 saturated heterocycles. The van der Waals surface area contributed by atoms with Gasteiger partial charge in [-0.1, -0.05) is 37.3 Å². The molecule has 1 aliphatic rings. The summed E-state index contributed by atoms with van der Waals surface area (Å²) in [6.07, 6.45) is 3.75. The van der Waals surface area contributed by atoms with Gasteiger partial charge in [0.2, 0.25) is 5.95 Å². The van der Waals surface area contributed by atoms with Gasteiger partial charge in [0.1, 0.15) is 5.82 Å². The lowest BCUT2D eigenvalue weighted by Gasteiger charge is -2.31. The molecule has 1 aliphatic heterocycles. The van der Waals surface area contributed by atoms with E-state index in [0.29, 0.717) is 17.7 Å². The largest absolute Gasteiger partial charge is 0.341 e. The molecule has 0 spiro atoms. The maximum absolute atomic E-state index is 13.2. The standard InChI is InChI=1S/C21H28N6O/c1-3-8-17-23-19-18(20(28)25(17)2)27(13-15-9-5-4-6-10-15)21(24-19)26-12-7-11-16(22)14-26/h4-6,9-10,16H,3,7-8,11-14,22H2,1-2H3. The van der Waals surface area contributed by atoms with E-state index >= 15 is 0 Å². The molecule has 2 N–H and O–H groups in total. The van der Waals surface area contributed by atoms with Crippen molar-refractivity contribution in [2.24, 2.45) is 12.8 Å². The number of nitrogens with zero attached hydrogens (tertiary/aromatic N) is 5. The molecular weight excluding hydrogens is 352 g/mol. The molecule has 0 radical (unpaired) electrons. The van der Waals surface area contributed by atoms with Gasteiger partial charge in [0.05, 0.1) is 6.54 Å². The molecule has 0 aliphatic carbocycles. The minimum Gasteiger partial charge on any atom is -0.341 e. The number of rotatable bonds is 5. The number of benzene rings is 1. The number of nitrogens with two attached hydrogens (primary N) is 1. The van der Waals surface area contributed by atoms with Crippen LogP contribution in [-0.4, -0.2) is 38.2 Å². The number of hydrogen-bond donors (Lipinski definition) is 1. The van der Waals surface area contributed by atoms with Crippen molar-refractivity contribution in [1.29, 1.82) is 0 Å². The first-order valence-corrected chi connectivity index (χ1v) is 10.1. The van der Waals surface area contributed by atoms with Crippen LogP contribution in [0.3, 0.4) is 0 Å². The number of aromatic nitrogens is 4. The summed E-state index contributed by atoms with van der Waals surface area (Å²) in [6, 6.07) is 10.3. The van der Waals surface area contributed by atoms with E-state index in [9.17, 15) is 4.79 Å². The lowest BCUT2D eigenvalue weighted by Crippen LogP contribution is -2.44. The van der Waals surface area contributed by atoms with Crippen molar-refractivity contribution < 1.29 is 0 Å². The van der Waals surface area contributed by atoms with Gasteiger partial charge >= 0.3 is 0 Å². The van der Waals surface area contributed by atoms with Crippen molar-refractivity contribution in [1.82, 2.24) is 19.1 Å². The summed E-state index contributed by atoms with van der Waals surface area (Å²) in [5.74, 6) is 1.58. The number of piperidine rings is 1. The van der Waals surface area contributed by atoms with Crippen LogP contribution < -0.4 is 16.2 Å². The molecule has 3 aromatic rings. The van der Waals surface area contributed by atoms with Crippen LogP contribution >= 0.6 is 0 Å². The molecule has 148 valence electrons. The second-order valence-corrected chi connectivity index (χ2v) is 7.65. The normalized spacial score (nSPS) is 17.4. The number of aryl methyl sites for hydroxylation is 1. The fourth-order valence-corrected chi connectivity index (χ4v) is 3.99. The van der Waals surface area contributed by atoms with Crippen molar-refractivity contribution in [3.63, 3.8) is 0 Å². The minimum absolute atomic E-state index is 0.0376. The zero-order valence-corrected chi connectivity index (χ0v) is 16.6. The molecule has 3 heterocycles. The summed E-state index contributed by atoms with van der Waals surface area (Å²) >= 11 is 0.